The largest absolute Gasteiger partial charge is 0.465 e. The van der Waals surface area contributed by atoms with E-state index in [-0.39, 0.29) is 11.3 Å². The average molecular weight is 216 g/mol. The predicted octanol–water partition coefficient (Wildman–Crippen LogP) is 1.70. The Kier molecular flexibility index (Phi) is 3.18. The van der Waals surface area contributed by atoms with Crippen LogP contribution in [0.3, 0.4) is 0 Å². The predicted molar refractivity (Wildman–Crippen MR) is 49.7 cm³/mol. The van der Waals surface area contributed by atoms with Crippen LogP contribution in [-0.4, -0.2) is 18.1 Å². The van der Waals surface area contributed by atoms with Crippen molar-refractivity contribution in [2.24, 2.45) is 0 Å². The molecule has 0 aromatic carbocycles. The van der Waals surface area contributed by atoms with E-state index >= 15 is 0 Å². The monoisotopic (exact) mass is 216 g/mol. The molecule has 0 unspecified atom stereocenters. The van der Waals surface area contributed by atoms with Crippen molar-refractivity contribution in [2.45, 2.75) is 13.3 Å². The lowest BCUT2D eigenvalue weighted by Gasteiger charge is -2.10. The van der Waals surface area contributed by atoms with E-state index in [0.717, 1.165) is 13.3 Å². The van der Waals surface area contributed by atoms with E-state index in [1.165, 1.54) is 6.92 Å². The summed E-state index contributed by atoms with van der Waals surface area (Å²) in [6.07, 6.45) is -1.88. The summed E-state index contributed by atoms with van der Waals surface area (Å²) < 4.78 is 29.4. The van der Waals surface area contributed by atoms with Crippen LogP contribution in [0.15, 0.2) is 6.20 Å². The summed E-state index contributed by atoms with van der Waals surface area (Å²) >= 11 is 0. The molecule has 15 heavy (non-hydrogen) atoms. The maximum atomic E-state index is 12.5. The number of alkyl halides is 2. The van der Waals surface area contributed by atoms with Crippen LogP contribution in [-0.2, 0) is 4.74 Å². The zero-order valence-corrected chi connectivity index (χ0v) is 8.25. The van der Waals surface area contributed by atoms with Gasteiger partial charge < -0.3 is 10.5 Å². The molecule has 1 aromatic heterocycles. The lowest BCUT2D eigenvalue weighted by molar-refractivity contribution is 0.0590. The van der Waals surface area contributed by atoms with Crippen molar-refractivity contribution >= 4 is 11.7 Å². The van der Waals surface area contributed by atoms with Crippen LogP contribution in [0.2, 0.25) is 0 Å². The minimum absolute atomic E-state index is 0.0698. The molecular weight excluding hydrogens is 206 g/mol. The molecule has 2 N–H and O–H groups in total. The molecule has 0 amide bonds. The van der Waals surface area contributed by atoms with Crippen molar-refractivity contribution in [1.29, 1.82) is 0 Å². The molecule has 0 bridgehead atoms. The summed E-state index contributed by atoms with van der Waals surface area (Å²) in [6.45, 7) is 1.52. The molecule has 0 aliphatic heterocycles. The number of methoxy groups -OCH3 is 1. The zero-order chi connectivity index (χ0) is 11.6. The molecule has 4 nitrogen and oxygen atoms in total. The highest BCUT2D eigenvalue weighted by atomic mass is 19.3. The van der Waals surface area contributed by atoms with Gasteiger partial charge in [-0.25, -0.2) is 13.6 Å². The number of hydrogen-bond donors (Lipinski definition) is 1. The standard InChI is InChI=1S/C9H10F2N2O2/c1-4-7(12)6(9(14)15-2)5(3-13-4)8(10)11/h3,8H,12H2,1-2H3. The SMILES string of the molecule is COC(=O)c1c(C(F)F)cnc(C)c1N. The Bertz CT molecular complexity index is 394. The number of esters is 1. The minimum Gasteiger partial charge on any atom is -0.465 e. The van der Waals surface area contributed by atoms with Gasteiger partial charge in [0.15, 0.2) is 0 Å². The Labute approximate surface area is 85.1 Å². The van der Waals surface area contributed by atoms with Gasteiger partial charge in [0.05, 0.1) is 29.6 Å². The second kappa shape index (κ2) is 4.20. The number of ether oxygens (including phenoxy) is 1. The number of nitrogens with zero attached hydrogens (tertiary/aromatic N) is 1. The van der Waals surface area contributed by atoms with Gasteiger partial charge in [-0.05, 0) is 6.92 Å². The van der Waals surface area contributed by atoms with Crippen LogP contribution in [0.25, 0.3) is 0 Å². The molecule has 82 valence electrons. The highest BCUT2D eigenvalue weighted by molar-refractivity contribution is 5.97. The first-order chi connectivity index (χ1) is 6.99. The fourth-order valence-electron chi connectivity index (χ4n) is 1.13. The Morgan fingerprint density at radius 1 is 1.60 bits per heavy atom. The Morgan fingerprint density at radius 2 is 2.20 bits per heavy atom. The maximum Gasteiger partial charge on any atom is 0.340 e. The molecule has 0 spiro atoms. The second-order valence-electron chi connectivity index (χ2n) is 2.88. The molecule has 6 heteroatoms. The van der Waals surface area contributed by atoms with Gasteiger partial charge >= 0.3 is 5.97 Å². The van der Waals surface area contributed by atoms with E-state index in [4.69, 9.17) is 5.73 Å². The topological polar surface area (TPSA) is 65.2 Å². The summed E-state index contributed by atoms with van der Waals surface area (Å²) in [4.78, 5) is 14.9. The smallest absolute Gasteiger partial charge is 0.340 e. The number of rotatable bonds is 2. The highest BCUT2D eigenvalue weighted by Crippen LogP contribution is 2.28. The molecular formula is C9H10F2N2O2. The molecule has 0 radical (unpaired) electrons. The van der Waals surface area contributed by atoms with Crippen molar-refractivity contribution in [3.8, 4) is 0 Å². The normalized spacial score (nSPS) is 10.5. The van der Waals surface area contributed by atoms with E-state index in [1.807, 2.05) is 0 Å². The maximum absolute atomic E-state index is 12.5. The third-order valence-electron chi connectivity index (χ3n) is 1.97. The van der Waals surface area contributed by atoms with Gasteiger partial charge in [-0.15, -0.1) is 0 Å². The number of carbonyl (C=O) groups is 1. The summed E-state index contributed by atoms with van der Waals surface area (Å²) in [5, 5.41) is 0. The molecule has 1 aromatic rings. The number of carbonyl (C=O) groups excluding carboxylic acids is 1. The van der Waals surface area contributed by atoms with Crippen molar-refractivity contribution in [3.05, 3.63) is 23.0 Å². The van der Waals surface area contributed by atoms with Crippen LogP contribution >= 0.6 is 0 Å². The van der Waals surface area contributed by atoms with E-state index in [9.17, 15) is 13.6 Å². The molecule has 1 rings (SSSR count). The molecule has 0 fully saturated rings. The number of nitrogen functional groups attached to an aromatic ring is 1. The Morgan fingerprint density at radius 3 is 2.67 bits per heavy atom. The number of nitrogens with two attached hydrogens (primary N) is 1. The number of anilines is 1. The van der Waals surface area contributed by atoms with Crippen LogP contribution in [0.1, 0.15) is 28.0 Å². The first-order valence-corrected chi connectivity index (χ1v) is 4.10. The first kappa shape index (κ1) is 11.4. The van der Waals surface area contributed by atoms with Crippen molar-refractivity contribution in [3.63, 3.8) is 0 Å². The number of hydrogen-bond acceptors (Lipinski definition) is 4. The minimum atomic E-state index is -2.81. The van der Waals surface area contributed by atoms with E-state index < -0.39 is 18.0 Å². The molecule has 1 heterocycles. The fraction of sp³-hybridized carbons (Fsp3) is 0.333. The number of halogens is 2. The third-order valence-corrected chi connectivity index (χ3v) is 1.97. The van der Waals surface area contributed by atoms with Gasteiger partial charge in [0.1, 0.15) is 0 Å². The molecule has 0 aliphatic carbocycles. The van der Waals surface area contributed by atoms with E-state index in [0.29, 0.717) is 5.69 Å². The zero-order valence-electron chi connectivity index (χ0n) is 8.25. The van der Waals surface area contributed by atoms with Crippen molar-refractivity contribution in [1.82, 2.24) is 4.98 Å². The average Bonchev–Trinajstić information content (AvgIpc) is 2.20. The van der Waals surface area contributed by atoms with Gasteiger partial charge in [-0.3, -0.25) is 4.98 Å². The Balaban J connectivity index is 3.41. The van der Waals surface area contributed by atoms with Gasteiger partial charge in [-0.2, -0.15) is 0 Å². The fourth-order valence-corrected chi connectivity index (χ4v) is 1.13. The number of aromatic nitrogens is 1. The van der Waals surface area contributed by atoms with Crippen LogP contribution in [0.5, 0.6) is 0 Å². The Hall–Kier alpha value is -1.72. The van der Waals surface area contributed by atoms with Gasteiger partial charge in [0.25, 0.3) is 6.43 Å². The van der Waals surface area contributed by atoms with E-state index in [1.54, 1.807) is 0 Å². The van der Waals surface area contributed by atoms with Crippen LogP contribution in [0.4, 0.5) is 14.5 Å². The number of pyridine rings is 1. The van der Waals surface area contributed by atoms with Crippen molar-refractivity contribution in [2.75, 3.05) is 12.8 Å². The molecule has 0 aliphatic rings. The van der Waals surface area contributed by atoms with Crippen LogP contribution < -0.4 is 5.73 Å². The summed E-state index contributed by atoms with van der Waals surface area (Å²) in [7, 11) is 1.10. The lowest BCUT2D eigenvalue weighted by atomic mass is 10.1. The van der Waals surface area contributed by atoms with Gasteiger partial charge in [0.2, 0.25) is 0 Å². The second-order valence-corrected chi connectivity index (χ2v) is 2.88. The molecule has 0 saturated heterocycles. The molecule has 0 atom stereocenters. The molecule has 0 saturated carbocycles. The summed E-state index contributed by atoms with van der Waals surface area (Å²) in [5.41, 5.74) is 4.94. The summed E-state index contributed by atoms with van der Waals surface area (Å²) in [5.74, 6) is -0.881. The van der Waals surface area contributed by atoms with Crippen molar-refractivity contribution < 1.29 is 18.3 Å². The van der Waals surface area contributed by atoms with E-state index in [2.05, 4.69) is 9.72 Å². The van der Waals surface area contributed by atoms with Gasteiger partial charge in [-0.1, -0.05) is 0 Å². The first-order valence-electron chi connectivity index (χ1n) is 4.10. The lowest BCUT2D eigenvalue weighted by Crippen LogP contribution is -2.12. The summed E-state index contributed by atoms with van der Waals surface area (Å²) in [6, 6.07) is 0. The third kappa shape index (κ3) is 2.03. The highest BCUT2D eigenvalue weighted by Gasteiger charge is 2.23. The quantitative estimate of drug-likeness (QED) is 0.764. The van der Waals surface area contributed by atoms with Gasteiger partial charge in [0, 0.05) is 6.20 Å². The number of aryl methyl sites for hydroxylation is 1. The van der Waals surface area contributed by atoms with Crippen LogP contribution in [0, 0.1) is 6.92 Å².